The van der Waals surface area contributed by atoms with E-state index in [0.717, 1.165) is 26.2 Å². The standard InChI is InChI=1S/C12H22N4O/c1-4-16(5-2)10-9-14-12-13-8-7-11(15-12)17-6-3/h7-8H,4-6,9-10H2,1-3H3,(H,13,14,15). The average molecular weight is 238 g/mol. The maximum Gasteiger partial charge on any atom is 0.225 e. The number of rotatable bonds is 8. The van der Waals surface area contributed by atoms with Crippen molar-refractivity contribution in [2.45, 2.75) is 20.8 Å². The normalized spacial score (nSPS) is 10.6. The van der Waals surface area contributed by atoms with Crippen LogP contribution < -0.4 is 10.1 Å². The minimum absolute atomic E-state index is 0.618. The topological polar surface area (TPSA) is 50.3 Å². The Kier molecular flexibility index (Phi) is 6.32. The van der Waals surface area contributed by atoms with E-state index in [1.165, 1.54) is 0 Å². The van der Waals surface area contributed by atoms with Gasteiger partial charge in [-0.2, -0.15) is 4.98 Å². The molecule has 1 aromatic rings. The van der Waals surface area contributed by atoms with E-state index in [1.54, 1.807) is 12.3 Å². The van der Waals surface area contributed by atoms with Crippen LogP contribution in [0.1, 0.15) is 20.8 Å². The van der Waals surface area contributed by atoms with Gasteiger partial charge in [-0.15, -0.1) is 0 Å². The van der Waals surface area contributed by atoms with Crippen LogP contribution in [-0.2, 0) is 0 Å². The van der Waals surface area contributed by atoms with E-state index in [-0.39, 0.29) is 0 Å². The molecule has 96 valence electrons. The quantitative estimate of drug-likeness (QED) is 0.746. The van der Waals surface area contributed by atoms with Crippen molar-refractivity contribution in [2.75, 3.05) is 38.1 Å². The Morgan fingerprint density at radius 2 is 2.06 bits per heavy atom. The van der Waals surface area contributed by atoms with Crippen LogP contribution in [0, 0.1) is 0 Å². The summed E-state index contributed by atoms with van der Waals surface area (Å²) in [5.74, 6) is 1.25. The van der Waals surface area contributed by atoms with Crippen molar-refractivity contribution in [3.05, 3.63) is 12.3 Å². The monoisotopic (exact) mass is 238 g/mol. The summed E-state index contributed by atoms with van der Waals surface area (Å²) in [6.45, 7) is 10.9. The molecule has 0 fully saturated rings. The van der Waals surface area contributed by atoms with E-state index in [1.807, 2.05) is 6.92 Å². The van der Waals surface area contributed by atoms with Crippen molar-refractivity contribution >= 4 is 5.95 Å². The van der Waals surface area contributed by atoms with Crippen molar-refractivity contribution in [1.82, 2.24) is 14.9 Å². The number of hydrogen-bond acceptors (Lipinski definition) is 5. The van der Waals surface area contributed by atoms with Gasteiger partial charge >= 0.3 is 0 Å². The molecule has 0 amide bonds. The van der Waals surface area contributed by atoms with E-state index in [2.05, 4.69) is 34.0 Å². The lowest BCUT2D eigenvalue weighted by molar-refractivity contribution is 0.315. The lowest BCUT2D eigenvalue weighted by Gasteiger charge is -2.17. The van der Waals surface area contributed by atoms with Gasteiger partial charge in [0.05, 0.1) is 6.61 Å². The van der Waals surface area contributed by atoms with Crippen LogP contribution in [0.2, 0.25) is 0 Å². The lowest BCUT2D eigenvalue weighted by Crippen LogP contribution is -2.28. The zero-order valence-electron chi connectivity index (χ0n) is 10.9. The molecule has 0 bridgehead atoms. The van der Waals surface area contributed by atoms with Crippen LogP contribution in [0.5, 0.6) is 5.88 Å². The first-order valence-corrected chi connectivity index (χ1v) is 6.22. The second kappa shape index (κ2) is 7.84. The summed E-state index contributed by atoms with van der Waals surface area (Å²) in [7, 11) is 0. The molecule has 0 aromatic carbocycles. The molecule has 1 N–H and O–H groups in total. The van der Waals surface area contributed by atoms with Crippen molar-refractivity contribution in [3.8, 4) is 5.88 Å². The second-order valence-corrected chi connectivity index (χ2v) is 3.61. The van der Waals surface area contributed by atoms with Crippen molar-refractivity contribution in [1.29, 1.82) is 0 Å². The fraction of sp³-hybridized carbons (Fsp3) is 0.667. The highest BCUT2D eigenvalue weighted by Crippen LogP contribution is 2.07. The summed E-state index contributed by atoms with van der Waals surface area (Å²) < 4.78 is 5.31. The Hall–Kier alpha value is -1.36. The maximum atomic E-state index is 5.31. The highest BCUT2D eigenvalue weighted by Gasteiger charge is 2.01. The predicted molar refractivity (Wildman–Crippen MR) is 69.5 cm³/mol. The fourth-order valence-electron chi connectivity index (χ4n) is 1.52. The van der Waals surface area contributed by atoms with Gasteiger partial charge in [-0.25, -0.2) is 4.98 Å². The highest BCUT2D eigenvalue weighted by molar-refractivity contribution is 5.27. The molecule has 0 saturated carbocycles. The summed E-state index contributed by atoms with van der Waals surface area (Å²) >= 11 is 0. The number of likely N-dealkylation sites (N-methyl/N-ethyl adjacent to an activating group) is 1. The van der Waals surface area contributed by atoms with Gasteiger partial charge in [-0.05, 0) is 20.0 Å². The molecular weight excluding hydrogens is 216 g/mol. The molecule has 1 heterocycles. The van der Waals surface area contributed by atoms with E-state index in [0.29, 0.717) is 18.4 Å². The number of nitrogens with one attached hydrogen (secondary N) is 1. The van der Waals surface area contributed by atoms with Gasteiger partial charge in [0, 0.05) is 25.4 Å². The summed E-state index contributed by atoms with van der Waals surface area (Å²) in [6, 6.07) is 1.76. The van der Waals surface area contributed by atoms with Gasteiger partial charge in [0.15, 0.2) is 0 Å². The average Bonchev–Trinajstić information content (AvgIpc) is 2.36. The largest absolute Gasteiger partial charge is 0.478 e. The molecule has 0 atom stereocenters. The zero-order chi connectivity index (χ0) is 12.5. The molecule has 5 heteroatoms. The minimum atomic E-state index is 0.618. The number of aromatic nitrogens is 2. The summed E-state index contributed by atoms with van der Waals surface area (Å²) in [6.07, 6.45) is 1.71. The van der Waals surface area contributed by atoms with Crippen molar-refractivity contribution in [2.24, 2.45) is 0 Å². The van der Waals surface area contributed by atoms with Gasteiger partial charge in [0.1, 0.15) is 0 Å². The summed E-state index contributed by atoms with van der Waals surface area (Å²) in [5, 5.41) is 3.20. The first kappa shape index (κ1) is 13.7. The van der Waals surface area contributed by atoms with Gasteiger partial charge in [0.25, 0.3) is 0 Å². The number of anilines is 1. The molecule has 0 radical (unpaired) electrons. The van der Waals surface area contributed by atoms with Crippen LogP contribution >= 0.6 is 0 Å². The lowest BCUT2D eigenvalue weighted by atomic mass is 10.4. The Morgan fingerprint density at radius 1 is 1.29 bits per heavy atom. The van der Waals surface area contributed by atoms with Crippen LogP contribution in [0.15, 0.2) is 12.3 Å². The van der Waals surface area contributed by atoms with E-state index in [4.69, 9.17) is 4.74 Å². The van der Waals surface area contributed by atoms with Gasteiger partial charge in [0.2, 0.25) is 11.8 Å². The van der Waals surface area contributed by atoms with Gasteiger partial charge in [-0.1, -0.05) is 13.8 Å². The van der Waals surface area contributed by atoms with Crippen LogP contribution in [0.4, 0.5) is 5.95 Å². The molecule has 0 spiro atoms. The Balaban J connectivity index is 2.38. The van der Waals surface area contributed by atoms with Crippen LogP contribution in [-0.4, -0.2) is 47.7 Å². The van der Waals surface area contributed by atoms with E-state index < -0.39 is 0 Å². The Morgan fingerprint density at radius 3 is 2.71 bits per heavy atom. The molecule has 1 aromatic heterocycles. The minimum Gasteiger partial charge on any atom is -0.478 e. The molecule has 0 aliphatic rings. The Labute approximate surface area is 103 Å². The molecule has 5 nitrogen and oxygen atoms in total. The third kappa shape index (κ3) is 4.99. The van der Waals surface area contributed by atoms with Crippen LogP contribution in [0.3, 0.4) is 0 Å². The van der Waals surface area contributed by atoms with Gasteiger partial charge in [-0.3, -0.25) is 0 Å². The smallest absolute Gasteiger partial charge is 0.225 e. The van der Waals surface area contributed by atoms with E-state index in [9.17, 15) is 0 Å². The Bertz CT molecular complexity index is 315. The highest BCUT2D eigenvalue weighted by atomic mass is 16.5. The maximum absolute atomic E-state index is 5.31. The molecule has 17 heavy (non-hydrogen) atoms. The summed E-state index contributed by atoms with van der Waals surface area (Å²) in [4.78, 5) is 10.7. The molecule has 0 unspecified atom stereocenters. The van der Waals surface area contributed by atoms with Gasteiger partial charge < -0.3 is 15.0 Å². The molecule has 0 aliphatic heterocycles. The third-order valence-corrected chi connectivity index (χ3v) is 2.53. The predicted octanol–water partition coefficient (Wildman–Crippen LogP) is 1.63. The molecule has 0 aliphatic carbocycles. The SMILES string of the molecule is CCOc1ccnc(NCCN(CC)CC)n1. The second-order valence-electron chi connectivity index (χ2n) is 3.61. The number of ether oxygens (including phenoxy) is 1. The zero-order valence-corrected chi connectivity index (χ0v) is 10.9. The van der Waals surface area contributed by atoms with Crippen molar-refractivity contribution in [3.63, 3.8) is 0 Å². The first-order chi connectivity index (χ1) is 8.30. The molecular formula is C12H22N4O. The van der Waals surface area contributed by atoms with Crippen molar-refractivity contribution < 1.29 is 4.74 Å². The molecule has 1 rings (SSSR count). The fourth-order valence-corrected chi connectivity index (χ4v) is 1.52. The van der Waals surface area contributed by atoms with E-state index >= 15 is 0 Å². The first-order valence-electron chi connectivity index (χ1n) is 6.22. The summed E-state index contributed by atoms with van der Waals surface area (Å²) in [5.41, 5.74) is 0. The third-order valence-electron chi connectivity index (χ3n) is 2.53. The van der Waals surface area contributed by atoms with Crippen LogP contribution in [0.25, 0.3) is 0 Å². The molecule has 0 saturated heterocycles. The number of nitrogens with zero attached hydrogens (tertiary/aromatic N) is 3. The number of hydrogen-bond donors (Lipinski definition) is 1.